The van der Waals surface area contributed by atoms with Crippen molar-refractivity contribution >= 4 is 17.3 Å². The summed E-state index contributed by atoms with van der Waals surface area (Å²) in [5, 5.41) is 0.788. The molecule has 3 heterocycles. The van der Waals surface area contributed by atoms with Crippen molar-refractivity contribution in [3.8, 4) is 11.3 Å². The van der Waals surface area contributed by atoms with Gasteiger partial charge in [-0.1, -0.05) is 0 Å². The molecule has 0 aliphatic heterocycles. The van der Waals surface area contributed by atoms with Gasteiger partial charge >= 0.3 is 0 Å². The molecule has 78 valence electrons. The van der Waals surface area contributed by atoms with E-state index in [9.17, 15) is 4.79 Å². The number of rotatable bonds is 2. The van der Waals surface area contributed by atoms with Crippen LogP contribution in [-0.4, -0.2) is 11.3 Å². The molecule has 0 spiro atoms. The zero-order chi connectivity index (χ0) is 11.0. The Labute approximate surface area is 90.5 Å². The van der Waals surface area contributed by atoms with E-state index in [1.807, 2.05) is 6.07 Å². The van der Waals surface area contributed by atoms with Gasteiger partial charge in [-0.15, -0.1) is 0 Å². The van der Waals surface area contributed by atoms with Gasteiger partial charge in [-0.2, -0.15) is 0 Å². The van der Waals surface area contributed by atoms with Gasteiger partial charge in [0.1, 0.15) is 11.3 Å². The van der Waals surface area contributed by atoms with E-state index >= 15 is 0 Å². The molecule has 4 nitrogen and oxygen atoms in total. The van der Waals surface area contributed by atoms with Gasteiger partial charge in [-0.3, -0.25) is 9.78 Å². The molecule has 0 aromatic carbocycles. The highest BCUT2D eigenvalue weighted by molar-refractivity contribution is 5.93. The number of aromatic nitrogens is 1. The summed E-state index contributed by atoms with van der Waals surface area (Å²) in [5.74, 6) is 0.959. The van der Waals surface area contributed by atoms with E-state index in [4.69, 9.17) is 8.83 Å². The second kappa shape index (κ2) is 3.34. The summed E-state index contributed by atoms with van der Waals surface area (Å²) in [6.07, 6.45) is 5.56. The first-order valence-corrected chi connectivity index (χ1v) is 4.75. The molecule has 0 saturated heterocycles. The maximum absolute atomic E-state index is 10.6. The third kappa shape index (κ3) is 1.24. The van der Waals surface area contributed by atoms with Gasteiger partial charge in [0.15, 0.2) is 12.0 Å². The number of hydrogen-bond acceptors (Lipinski definition) is 4. The van der Waals surface area contributed by atoms with Crippen molar-refractivity contribution in [2.45, 2.75) is 0 Å². The first-order valence-electron chi connectivity index (χ1n) is 4.75. The maximum atomic E-state index is 10.6. The van der Waals surface area contributed by atoms with Crippen LogP contribution in [0, 0.1) is 0 Å². The normalized spacial score (nSPS) is 10.8. The van der Waals surface area contributed by atoms with E-state index in [2.05, 4.69) is 4.98 Å². The number of furan rings is 2. The zero-order valence-corrected chi connectivity index (χ0v) is 8.21. The van der Waals surface area contributed by atoms with Gasteiger partial charge in [-0.25, -0.2) is 0 Å². The summed E-state index contributed by atoms with van der Waals surface area (Å²) in [6.45, 7) is 0. The summed E-state index contributed by atoms with van der Waals surface area (Å²) in [4.78, 5) is 14.7. The molecule has 3 aromatic heterocycles. The van der Waals surface area contributed by atoms with Gasteiger partial charge in [-0.05, 0) is 18.2 Å². The SMILES string of the molecule is O=Cc1cc2cncc(-c3ccco3)c2o1. The second-order valence-corrected chi connectivity index (χ2v) is 3.35. The van der Waals surface area contributed by atoms with Gasteiger partial charge in [0.2, 0.25) is 0 Å². The van der Waals surface area contributed by atoms with E-state index in [0.717, 1.165) is 10.9 Å². The van der Waals surface area contributed by atoms with Crippen molar-refractivity contribution in [3.63, 3.8) is 0 Å². The maximum Gasteiger partial charge on any atom is 0.185 e. The smallest absolute Gasteiger partial charge is 0.185 e. The third-order valence-corrected chi connectivity index (χ3v) is 2.34. The van der Waals surface area contributed by atoms with Crippen molar-refractivity contribution in [1.82, 2.24) is 4.98 Å². The van der Waals surface area contributed by atoms with Gasteiger partial charge < -0.3 is 8.83 Å². The van der Waals surface area contributed by atoms with E-state index < -0.39 is 0 Å². The summed E-state index contributed by atoms with van der Waals surface area (Å²) in [5.41, 5.74) is 1.36. The molecule has 0 amide bonds. The molecule has 16 heavy (non-hydrogen) atoms. The Morgan fingerprint density at radius 1 is 1.31 bits per heavy atom. The lowest BCUT2D eigenvalue weighted by Gasteiger charge is -1.96. The van der Waals surface area contributed by atoms with Gasteiger partial charge in [0.05, 0.1) is 11.8 Å². The minimum absolute atomic E-state index is 0.288. The third-order valence-electron chi connectivity index (χ3n) is 2.34. The molecule has 0 N–H and O–H groups in total. The first-order chi connectivity index (χ1) is 7.88. The highest BCUT2D eigenvalue weighted by Crippen LogP contribution is 2.29. The molecular formula is C12H7NO3. The molecule has 0 fully saturated rings. The fourth-order valence-electron chi connectivity index (χ4n) is 1.65. The van der Waals surface area contributed by atoms with E-state index in [-0.39, 0.29) is 5.76 Å². The van der Waals surface area contributed by atoms with Crippen LogP contribution in [0.1, 0.15) is 10.6 Å². The fourth-order valence-corrected chi connectivity index (χ4v) is 1.65. The van der Waals surface area contributed by atoms with Crippen LogP contribution in [0.4, 0.5) is 0 Å². The topological polar surface area (TPSA) is 56.2 Å². The molecule has 0 aliphatic carbocycles. The quantitative estimate of drug-likeness (QED) is 0.614. The standard InChI is InChI=1S/C12H7NO3/c14-7-9-4-8-5-13-6-10(12(8)16-9)11-2-1-3-15-11/h1-7H. The minimum Gasteiger partial charge on any atom is -0.464 e. The van der Waals surface area contributed by atoms with Crippen molar-refractivity contribution in [2.75, 3.05) is 0 Å². The van der Waals surface area contributed by atoms with Crippen LogP contribution in [-0.2, 0) is 0 Å². The number of pyridine rings is 1. The molecular weight excluding hydrogens is 206 g/mol. The Morgan fingerprint density at radius 2 is 2.25 bits per heavy atom. The van der Waals surface area contributed by atoms with Crippen LogP contribution in [0.2, 0.25) is 0 Å². The fraction of sp³-hybridized carbons (Fsp3) is 0. The number of hydrogen-bond donors (Lipinski definition) is 0. The minimum atomic E-state index is 0.288. The van der Waals surface area contributed by atoms with Crippen molar-refractivity contribution < 1.29 is 13.6 Å². The molecule has 0 atom stereocenters. The lowest BCUT2D eigenvalue weighted by atomic mass is 10.2. The molecule has 3 rings (SSSR count). The van der Waals surface area contributed by atoms with Crippen molar-refractivity contribution in [1.29, 1.82) is 0 Å². The number of fused-ring (bicyclic) bond motifs is 1. The number of carbonyl (C=O) groups excluding carboxylic acids is 1. The van der Waals surface area contributed by atoms with Crippen LogP contribution >= 0.6 is 0 Å². The number of nitrogens with zero attached hydrogens (tertiary/aromatic N) is 1. The lowest BCUT2D eigenvalue weighted by molar-refractivity contribution is 0.110. The molecule has 4 heteroatoms. The van der Waals surface area contributed by atoms with Crippen molar-refractivity contribution in [3.05, 3.63) is 42.6 Å². The lowest BCUT2D eigenvalue weighted by Crippen LogP contribution is -1.77. The van der Waals surface area contributed by atoms with E-state index in [1.54, 1.807) is 30.8 Å². The highest BCUT2D eigenvalue weighted by atomic mass is 16.4. The summed E-state index contributed by atoms with van der Waals surface area (Å²) in [7, 11) is 0. The predicted molar refractivity (Wildman–Crippen MR) is 57.1 cm³/mol. The Bertz CT molecular complexity index is 637. The first kappa shape index (κ1) is 8.91. The van der Waals surface area contributed by atoms with Gasteiger partial charge in [0.25, 0.3) is 0 Å². The van der Waals surface area contributed by atoms with Crippen LogP contribution in [0.3, 0.4) is 0 Å². The Kier molecular flexibility index (Phi) is 1.86. The summed E-state index contributed by atoms with van der Waals surface area (Å²) < 4.78 is 10.7. The monoisotopic (exact) mass is 213 g/mol. The molecule has 0 unspecified atom stereocenters. The summed E-state index contributed by atoms with van der Waals surface area (Å²) in [6, 6.07) is 5.26. The highest BCUT2D eigenvalue weighted by Gasteiger charge is 2.11. The van der Waals surface area contributed by atoms with Crippen LogP contribution in [0.25, 0.3) is 22.3 Å². The zero-order valence-electron chi connectivity index (χ0n) is 8.21. The molecule has 0 aliphatic rings. The van der Waals surface area contributed by atoms with Crippen LogP contribution in [0.5, 0.6) is 0 Å². The molecule has 0 radical (unpaired) electrons. The Hall–Kier alpha value is -2.36. The van der Waals surface area contributed by atoms with E-state index in [1.165, 1.54) is 0 Å². The largest absolute Gasteiger partial charge is 0.464 e. The van der Waals surface area contributed by atoms with Crippen molar-refractivity contribution in [2.24, 2.45) is 0 Å². The Balaban J connectivity index is 2.32. The summed E-state index contributed by atoms with van der Waals surface area (Å²) >= 11 is 0. The molecule has 0 saturated carbocycles. The van der Waals surface area contributed by atoms with Crippen LogP contribution < -0.4 is 0 Å². The molecule has 3 aromatic rings. The van der Waals surface area contributed by atoms with E-state index in [0.29, 0.717) is 17.6 Å². The second-order valence-electron chi connectivity index (χ2n) is 3.35. The number of carbonyl (C=O) groups is 1. The Morgan fingerprint density at radius 3 is 3.00 bits per heavy atom. The average Bonchev–Trinajstić information content (AvgIpc) is 2.97. The number of aldehydes is 1. The van der Waals surface area contributed by atoms with Crippen LogP contribution in [0.15, 0.2) is 45.7 Å². The molecule has 0 bridgehead atoms. The predicted octanol–water partition coefficient (Wildman–Crippen LogP) is 2.90. The van der Waals surface area contributed by atoms with Gasteiger partial charge in [0, 0.05) is 17.8 Å². The average molecular weight is 213 g/mol.